The first-order valence-corrected chi connectivity index (χ1v) is 8.04. The van der Waals surface area contributed by atoms with E-state index in [0.29, 0.717) is 0 Å². The van der Waals surface area contributed by atoms with Crippen molar-refractivity contribution in [1.29, 1.82) is 0 Å². The number of methoxy groups -OCH3 is 1. The van der Waals surface area contributed by atoms with E-state index in [-0.39, 0.29) is 5.60 Å². The van der Waals surface area contributed by atoms with E-state index in [1.165, 1.54) is 5.56 Å². The molecule has 0 bridgehead atoms. The highest BCUT2D eigenvalue weighted by Gasteiger charge is 2.44. The van der Waals surface area contributed by atoms with Crippen LogP contribution in [0.4, 0.5) is 0 Å². The predicted octanol–water partition coefficient (Wildman–Crippen LogP) is 3.91. The summed E-state index contributed by atoms with van der Waals surface area (Å²) in [5.41, 5.74) is 3.75. The van der Waals surface area contributed by atoms with Crippen molar-refractivity contribution in [2.45, 2.75) is 31.3 Å². The van der Waals surface area contributed by atoms with E-state index in [4.69, 9.17) is 9.84 Å². The van der Waals surface area contributed by atoms with Crippen LogP contribution in [-0.4, -0.2) is 18.2 Å². The molecule has 0 saturated heterocycles. The first-order chi connectivity index (χ1) is 11.5. The quantitative estimate of drug-likeness (QED) is 0.869. The number of rotatable bonds is 4. The molecule has 1 N–H and O–H groups in total. The largest absolute Gasteiger partial charge is 0.481 e. The number of hydrogen-bond acceptors (Lipinski definition) is 2. The van der Waals surface area contributed by atoms with Gasteiger partial charge in [0.05, 0.1) is 11.5 Å². The van der Waals surface area contributed by atoms with Gasteiger partial charge in [0.15, 0.2) is 0 Å². The molecule has 0 aliphatic heterocycles. The monoisotopic (exact) mass is 320 g/mol. The van der Waals surface area contributed by atoms with E-state index >= 15 is 0 Å². The predicted molar refractivity (Wildman–Crippen MR) is 92.8 cm³/mol. The molecule has 0 spiro atoms. The molecule has 24 heavy (non-hydrogen) atoms. The zero-order valence-corrected chi connectivity index (χ0v) is 13.9. The molecule has 1 fully saturated rings. The maximum atomic E-state index is 11.0. The van der Waals surface area contributed by atoms with E-state index in [1.807, 2.05) is 36.4 Å². The maximum absolute atomic E-state index is 11.0. The minimum Gasteiger partial charge on any atom is -0.481 e. The standard InChI is InChI=1S/C21H20O3/c1-15(20(22)23)18-9-5-16(6-10-18)3-4-17-7-11-19(12-8-17)21(24-2)13-14-21/h5-12,15H,13-14H2,1-2H3,(H,22,23). The van der Waals surface area contributed by atoms with Crippen LogP contribution in [0.5, 0.6) is 0 Å². The van der Waals surface area contributed by atoms with E-state index < -0.39 is 11.9 Å². The van der Waals surface area contributed by atoms with Gasteiger partial charge in [-0.15, -0.1) is 0 Å². The number of carboxylic acids is 1. The molecule has 0 heterocycles. The number of ether oxygens (including phenoxy) is 1. The Kier molecular flexibility index (Phi) is 4.42. The van der Waals surface area contributed by atoms with Gasteiger partial charge in [0.25, 0.3) is 0 Å². The average molecular weight is 320 g/mol. The van der Waals surface area contributed by atoms with E-state index in [9.17, 15) is 4.79 Å². The molecule has 1 saturated carbocycles. The van der Waals surface area contributed by atoms with E-state index in [1.54, 1.807) is 14.0 Å². The number of aliphatic carboxylic acids is 1. The third-order valence-electron chi connectivity index (χ3n) is 4.64. The number of carbonyl (C=O) groups is 1. The van der Waals surface area contributed by atoms with Gasteiger partial charge in [0, 0.05) is 18.2 Å². The van der Waals surface area contributed by atoms with Gasteiger partial charge in [-0.1, -0.05) is 36.1 Å². The second-order valence-electron chi connectivity index (χ2n) is 6.21. The Bertz CT molecular complexity index is 788. The maximum Gasteiger partial charge on any atom is 0.310 e. The smallest absolute Gasteiger partial charge is 0.310 e. The zero-order valence-electron chi connectivity index (χ0n) is 13.9. The van der Waals surface area contributed by atoms with Crippen LogP contribution in [0, 0.1) is 11.8 Å². The summed E-state index contributed by atoms with van der Waals surface area (Å²) in [4.78, 5) is 11.0. The minimum absolute atomic E-state index is 0.0668. The summed E-state index contributed by atoms with van der Waals surface area (Å²) in [5, 5.41) is 9.02. The van der Waals surface area contributed by atoms with Crippen LogP contribution in [0.25, 0.3) is 0 Å². The van der Waals surface area contributed by atoms with Gasteiger partial charge in [0.1, 0.15) is 0 Å². The van der Waals surface area contributed by atoms with Gasteiger partial charge in [-0.05, 0) is 55.2 Å². The van der Waals surface area contributed by atoms with Crippen LogP contribution >= 0.6 is 0 Å². The molecule has 2 aromatic rings. The van der Waals surface area contributed by atoms with Gasteiger partial charge < -0.3 is 9.84 Å². The van der Waals surface area contributed by atoms with Crippen molar-refractivity contribution in [3.63, 3.8) is 0 Å². The summed E-state index contributed by atoms with van der Waals surface area (Å²) in [6.45, 7) is 1.68. The highest BCUT2D eigenvalue weighted by Crippen LogP contribution is 2.48. The summed E-state index contributed by atoms with van der Waals surface area (Å²) >= 11 is 0. The number of hydrogen-bond donors (Lipinski definition) is 1. The van der Waals surface area contributed by atoms with Crippen molar-refractivity contribution in [2.24, 2.45) is 0 Å². The molecular formula is C21H20O3. The molecule has 3 heteroatoms. The van der Waals surface area contributed by atoms with Crippen LogP contribution in [0.15, 0.2) is 48.5 Å². The number of carboxylic acid groups (broad SMARTS) is 1. The molecule has 1 aliphatic rings. The van der Waals surface area contributed by atoms with Crippen molar-refractivity contribution in [1.82, 2.24) is 0 Å². The molecule has 1 aliphatic carbocycles. The van der Waals surface area contributed by atoms with Crippen LogP contribution < -0.4 is 0 Å². The molecular weight excluding hydrogens is 300 g/mol. The fourth-order valence-corrected chi connectivity index (χ4v) is 2.72. The lowest BCUT2D eigenvalue weighted by Gasteiger charge is -2.13. The summed E-state index contributed by atoms with van der Waals surface area (Å²) in [7, 11) is 1.76. The van der Waals surface area contributed by atoms with Crippen molar-refractivity contribution in [2.75, 3.05) is 7.11 Å². The third kappa shape index (κ3) is 3.34. The van der Waals surface area contributed by atoms with Gasteiger partial charge in [0.2, 0.25) is 0 Å². The molecule has 1 atom stereocenters. The van der Waals surface area contributed by atoms with Crippen LogP contribution in [-0.2, 0) is 15.1 Å². The minimum atomic E-state index is -0.821. The topological polar surface area (TPSA) is 46.5 Å². The Balaban J connectivity index is 1.72. The van der Waals surface area contributed by atoms with Crippen molar-refractivity contribution in [3.8, 4) is 11.8 Å². The fraction of sp³-hybridized carbons (Fsp3) is 0.286. The summed E-state index contributed by atoms with van der Waals surface area (Å²) < 4.78 is 5.57. The lowest BCUT2D eigenvalue weighted by Crippen LogP contribution is -2.08. The Morgan fingerprint density at radius 1 is 1.04 bits per heavy atom. The zero-order chi connectivity index (χ0) is 17.2. The normalized spacial score (nSPS) is 15.9. The van der Waals surface area contributed by atoms with Crippen LogP contribution in [0.3, 0.4) is 0 Å². The lowest BCUT2D eigenvalue weighted by atomic mass is 10.00. The average Bonchev–Trinajstić information content (AvgIpc) is 3.41. The Hall–Kier alpha value is -2.57. The van der Waals surface area contributed by atoms with Crippen LogP contribution in [0.2, 0.25) is 0 Å². The van der Waals surface area contributed by atoms with Gasteiger partial charge in [-0.25, -0.2) is 0 Å². The molecule has 0 amide bonds. The molecule has 3 rings (SSSR count). The Labute approximate surface area is 142 Å². The van der Waals surface area contributed by atoms with Crippen molar-refractivity contribution < 1.29 is 14.6 Å². The summed E-state index contributed by atoms with van der Waals surface area (Å²) in [5.74, 6) is 4.93. The Morgan fingerprint density at radius 2 is 1.54 bits per heavy atom. The highest BCUT2D eigenvalue weighted by molar-refractivity contribution is 5.75. The second kappa shape index (κ2) is 6.51. The summed E-state index contributed by atoms with van der Waals surface area (Å²) in [6.07, 6.45) is 2.16. The fourth-order valence-electron chi connectivity index (χ4n) is 2.72. The molecule has 2 aromatic carbocycles. The molecule has 1 unspecified atom stereocenters. The van der Waals surface area contributed by atoms with E-state index in [2.05, 4.69) is 24.0 Å². The van der Waals surface area contributed by atoms with Gasteiger partial charge in [-0.2, -0.15) is 0 Å². The lowest BCUT2D eigenvalue weighted by molar-refractivity contribution is -0.138. The summed E-state index contributed by atoms with van der Waals surface area (Å²) in [6, 6.07) is 15.6. The second-order valence-corrected chi connectivity index (χ2v) is 6.21. The van der Waals surface area contributed by atoms with Crippen molar-refractivity contribution >= 4 is 5.97 Å². The Morgan fingerprint density at radius 3 is 1.96 bits per heavy atom. The van der Waals surface area contributed by atoms with E-state index in [0.717, 1.165) is 29.5 Å². The molecule has 0 radical (unpaired) electrons. The molecule has 122 valence electrons. The number of benzene rings is 2. The first kappa shape index (κ1) is 16.3. The molecule has 0 aromatic heterocycles. The SMILES string of the molecule is COC1(c2ccc(C#Cc3ccc(C(C)C(=O)O)cc3)cc2)CC1. The third-order valence-corrected chi connectivity index (χ3v) is 4.64. The van der Waals surface area contributed by atoms with Crippen molar-refractivity contribution in [3.05, 3.63) is 70.8 Å². The highest BCUT2D eigenvalue weighted by atomic mass is 16.5. The molecule has 3 nitrogen and oxygen atoms in total. The van der Waals surface area contributed by atoms with Crippen LogP contribution in [0.1, 0.15) is 47.9 Å². The van der Waals surface area contributed by atoms with Gasteiger partial charge >= 0.3 is 5.97 Å². The van der Waals surface area contributed by atoms with Gasteiger partial charge in [-0.3, -0.25) is 4.79 Å². The first-order valence-electron chi connectivity index (χ1n) is 8.04.